The van der Waals surface area contributed by atoms with Crippen molar-refractivity contribution in [2.24, 2.45) is 0 Å². The summed E-state index contributed by atoms with van der Waals surface area (Å²) in [5.74, 6) is 0.816. The maximum Gasteiger partial charge on any atom is 0.372 e. The van der Waals surface area contributed by atoms with E-state index in [1.807, 2.05) is 38.1 Å². The summed E-state index contributed by atoms with van der Waals surface area (Å²) >= 11 is 0.625. The number of aryl methyl sites for hydroxylation is 2. The third-order valence-electron chi connectivity index (χ3n) is 3.12. The Balaban J connectivity index is 2.24. The van der Waals surface area contributed by atoms with E-state index in [0.717, 1.165) is 28.3 Å². The maximum atomic E-state index is 10.7. The second-order valence-electron chi connectivity index (χ2n) is 4.55. The van der Waals surface area contributed by atoms with Crippen molar-refractivity contribution >= 4 is 17.1 Å². The van der Waals surface area contributed by atoms with Gasteiger partial charge in [0.15, 0.2) is 5.16 Å². The molecule has 0 aliphatic heterocycles. The van der Waals surface area contributed by atoms with E-state index in [-0.39, 0.29) is 5.16 Å². The van der Waals surface area contributed by atoms with Gasteiger partial charge in [0.25, 0.3) is 0 Å². The lowest BCUT2D eigenvalue weighted by molar-refractivity contribution is 0.222. The summed E-state index contributed by atoms with van der Waals surface area (Å²) < 4.78 is 5.14. The van der Waals surface area contributed by atoms with Gasteiger partial charge >= 0.3 is 5.30 Å². The van der Waals surface area contributed by atoms with E-state index >= 15 is 0 Å². The van der Waals surface area contributed by atoms with Gasteiger partial charge in [-0.05, 0) is 37.1 Å². The van der Waals surface area contributed by atoms with Crippen molar-refractivity contribution in [2.75, 3.05) is 7.11 Å². The molecule has 2 aromatic rings. The third-order valence-corrected chi connectivity index (χ3v) is 3.66. The average Bonchev–Trinajstić information content (AvgIpc) is 2.43. The SMILES string of the molecule is COc1ccc(Cc2c(C)nc(SC(=O)O)nc2C)cc1. The summed E-state index contributed by atoms with van der Waals surface area (Å²) in [5, 5.41) is 8.04. The summed E-state index contributed by atoms with van der Waals surface area (Å²) in [6.07, 6.45) is 0.708. The number of hydrogen-bond donors (Lipinski definition) is 1. The smallest absolute Gasteiger partial charge is 0.372 e. The van der Waals surface area contributed by atoms with Gasteiger partial charge in [-0.3, -0.25) is 0 Å². The molecule has 6 heteroatoms. The third kappa shape index (κ3) is 3.95. The van der Waals surface area contributed by atoms with Crippen molar-refractivity contribution < 1.29 is 14.6 Å². The average molecular weight is 304 g/mol. The Labute approximate surface area is 127 Å². The number of benzene rings is 1. The van der Waals surface area contributed by atoms with Crippen LogP contribution in [0.1, 0.15) is 22.5 Å². The normalized spacial score (nSPS) is 10.4. The summed E-state index contributed by atoms with van der Waals surface area (Å²) in [6.45, 7) is 3.75. The van der Waals surface area contributed by atoms with Gasteiger partial charge in [-0.25, -0.2) is 14.8 Å². The van der Waals surface area contributed by atoms with E-state index in [4.69, 9.17) is 9.84 Å². The van der Waals surface area contributed by atoms with Crippen molar-refractivity contribution in [3.05, 3.63) is 46.8 Å². The summed E-state index contributed by atoms with van der Waals surface area (Å²) in [5.41, 5.74) is 3.77. The van der Waals surface area contributed by atoms with Gasteiger partial charge in [0.2, 0.25) is 0 Å². The Bertz CT molecular complexity index is 633. The summed E-state index contributed by atoms with van der Waals surface area (Å²) in [4.78, 5) is 19.2. The molecule has 1 aromatic carbocycles. The number of aromatic nitrogens is 2. The molecule has 0 fully saturated rings. The van der Waals surface area contributed by atoms with Crippen LogP contribution < -0.4 is 4.74 Å². The molecule has 0 aliphatic rings. The lowest BCUT2D eigenvalue weighted by Crippen LogP contribution is -2.04. The first-order valence-corrected chi connectivity index (χ1v) is 7.19. The molecule has 0 saturated heterocycles. The van der Waals surface area contributed by atoms with Gasteiger partial charge in [0, 0.05) is 29.6 Å². The van der Waals surface area contributed by atoms with E-state index in [0.29, 0.717) is 18.2 Å². The van der Waals surface area contributed by atoms with E-state index in [1.54, 1.807) is 7.11 Å². The van der Waals surface area contributed by atoms with E-state index in [2.05, 4.69) is 9.97 Å². The Hall–Kier alpha value is -2.08. The minimum atomic E-state index is -1.00. The first-order chi connectivity index (χ1) is 9.99. The van der Waals surface area contributed by atoms with Crippen LogP contribution in [0.3, 0.4) is 0 Å². The maximum absolute atomic E-state index is 10.7. The zero-order valence-electron chi connectivity index (χ0n) is 12.1. The molecule has 2 rings (SSSR count). The molecule has 0 unspecified atom stereocenters. The van der Waals surface area contributed by atoms with E-state index < -0.39 is 5.30 Å². The summed E-state index contributed by atoms with van der Waals surface area (Å²) in [6, 6.07) is 7.82. The number of nitrogens with zero attached hydrogens (tertiary/aromatic N) is 2. The van der Waals surface area contributed by atoms with Crippen LogP contribution >= 0.6 is 11.8 Å². The van der Waals surface area contributed by atoms with Crippen LogP contribution in [0.5, 0.6) is 5.75 Å². The van der Waals surface area contributed by atoms with Crippen LogP contribution in [0.25, 0.3) is 0 Å². The zero-order chi connectivity index (χ0) is 15.4. The Kier molecular flexibility index (Phi) is 4.80. The van der Waals surface area contributed by atoms with Crippen molar-refractivity contribution in [2.45, 2.75) is 25.4 Å². The number of carbonyl (C=O) groups is 1. The van der Waals surface area contributed by atoms with Gasteiger partial charge in [0.1, 0.15) is 5.75 Å². The fourth-order valence-electron chi connectivity index (χ4n) is 2.04. The van der Waals surface area contributed by atoms with Crippen molar-refractivity contribution in [3.8, 4) is 5.75 Å². The fraction of sp³-hybridized carbons (Fsp3) is 0.267. The largest absolute Gasteiger partial charge is 0.497 e. The van der Waals surface area contributed by atoms with Crippen LogP contribution in [0.4, 0.5) is 4.79 Å². The Morgan fingerprint density at radius 2 is 1.76 bits per heavy atom. The fourth-order valence-corrected chi connectivity index (χ4v) is 2.56. The lowest BCUT2D eigenvalue weighted by Gasteiger charge is -2.10. The molecule has 0 radical (unpaired) electrons. The van der Waals surface area contributed by atoms with Crippen LogP contribution in [0.15, 0.2) is 29.4 Å². The lowest BCUT2D eigenvalue weighted by atomic mass is 10.0. The predicted octanol–water partition coefficient (Wildman–Crippen LogP) is 3.46. The minimum absolute atomic E-state index is 0.274. The molecule has 110 valence electrons. The van der Waals surface area contributed by atoms with Crippen LogP contribution in [-0.2, 0) is 6.42 Å². The minimum Gasteiger partial charge on any atom is -0.497 e. The monoisotopic (exact) mass is 304 g/mol. The Morgan fingerprint density at radius 1 is 1.19 bits per heavy atom. The molecule has 0 bridgehead atoms. The number of ether oxygens (including phenoxy) is 1. The highest BCUT2D eigenvalue weighted by Crippen LogP contribution is 2.21. The molecule has 0 aliphatic carbocycles. The molecular formula is C15H16N2O3S. The highest BCUT2D eigenvalue weighted by atomic mass is 32.2. The van der Waals surface area contributed by atoms with Crippen molar-refractivity contribution in [1.29, 1.82) is 0 Å². The van der Waals surface area contributed by atoms with Gasteiger partial charge < -0.3 is 9.84 Å². The molecule has 0 saturated carbocycles. The first kappa shape index (κ1) is 15.3. The standard InChI is InChI=1S/C15H16N2O3S/c1-9-13(8-11-4-6-12(20-3)7-5-11)10(2)17-14(16-9)21-15(18)19/h4-7H,8H2,1-3H3,(H,18,19). The topological polar surface area (TPSA) is 72.3 Å². The van der Waals surface area contributed by atoms with Crippen LogP contribution in [-0.4, -0.2) is 27.5 Å². The Morgan fingerprint density at radius 3 is 2.24 bits per heavy atom. The first-order valence-electron chi connectivity index (χ1n) is 6.37. The van der Waals surface area contributed by atoms with Crippen LogP contribution in [0, 0.1) is 13.8 Å². The van der Waals surface area contributed by atoms with Gasteiger partial charge in [0.05, 0.1) is 7.11 Å². The van der Waals surface area contributed by atoms with Crippen molar-refractivity contribution in [1.82, 2.24) is 9.97 Å². The molecule has 21 heavy (non-hydrogen) atoms. The molecule has 0 spiro atoms. The second kappa shape index (κ2) is 6.58. The molecule has 1 heterocycles. The second-order valence-corrected chi connectivity index (χ2v) is 5.47. The highest BCUT2D eigenvalue weighted by Gasteiger charge is 2.12. The van der Waals surface area contributed by atoms with Crippen LogP contribution in [0.2, 0.25) is 0 Å². The quantitative estimate of drug-likeness (QED) is 0.689. The number of methoxy groups -OCH3 is 1. The zero-order valence-corrected chi connectivity index (χ0v) is 12.9. The summed E-state index contributed by atoms with van der Waals surface area (Å²) in [7, 11) is 1.63. The molecule has 1 aromatic heterocycles. The number of thioether (sulfide) groups is 1. The molecular weight excluding hydrogens is 288 g/mol. The van der Waals surface area contributed by atoms with Crippen molar-refractivity contribution in [3.63, 3.8) is 0 Å². The van der Waals surface area contributed by atoms with Gasteiger partial charge in [-0.2, -0.15) is 0 Å². The van der Waals surface area contributed by atoms with E-state index in [9.17, 15) is 4.79 Å². The molecule has 0 atom stereocenters. The predicted molar refractivity (Wildman–Crippen MR) is 81.2 cm³/mol. The van der Waals surface area contributed by atoms with Gasteiger partial charge in [-0.1, -0.05) is 12.1 Å². The van der Waals surface area contributed by atoms with Gasteiger partial charge in [-0.15, -0.1) is 0 Å². The number of hydrogen-bond acceptors (Lipinski definition) is 5. The number of rotatable bonds is 4. The molecule has 1 N–H and O–H groups in total. The molecule has 5 nitrogen and oxygen atoms in total. The number of carboxylic acid groups (broad SMARTS) is 1. The van der Waals surface area contributed by atoms with E-state index in [1.165, 1.54) is 0 Å². The highest BCUT2D eigenvalue weighted by molar-refractivity contribution is 8.13. The molecule has 0 amide bonds.